The molecule has 0 fully saturated rings. The van der Waals surface area contributed by atoms with E-state index in [1.165, 1.54) is 10.7 Å². The van der Waals surface area contributed by atoms with Gasteiger partial charge in [0.2, 0.25) is 5.82 Å². The Bertz CT molecular complexity index is 624. The number of nitro groups is 1. The van der Waals surface area contributed by atoms with Gasteiger partial charge in [-0.3, -0.25) is 10.1 Å². The summed E-state index contributed by atoms with van der Waals surface area (Å²) in [6, 6.07) is 6.27. The maximum absolute atomic E-state index is 13.5. The molecule has 2 aromatic rings. The Morgan fingerprint density at radius 3 is 2.79 bits per heavy atom. The zero-order valence-corrected chi connectivity index (χ0v) is 10.6. The number of hydrogen-bond acceptors (Lipinski definition) is 4. The second kappa shape index (κ2) is 5.05. The second-order valence-electron chi connectivity index (χ2n) is 4.11. The summed E-state index contributed by atoms with van der Waals surface area (Å²) < 4.78 is 14.8. The first-order chi connectivity index (χ1) is 9.00. The van der Waals surface area contributed by atoms with Gasteiger partial charge in [0.25, 0.3) is 0 Å². The number of halogens is 1. The van der Waals surface area contributed by atoms with E-state index in [2.05, 4.69) is 10.4 Å². The van der Waals surface area contributed by atoms with Crippen LogP contribution in [0.15, 0.2) is 24.3 Å². The van der Waals surface area contributed by atoms with E-state index in [0.29, 0.717) is 11.3 Å². The molecule has 6 nitrogen and oxygen atoms in total. The standard InChI is InChI=1S/C12H13FN4O2/c1-8-11(17(18)19)12(16(2)15-8)14-7-9-5-3-4-6-10(9)13/h3-6,14H,7H2,1-2H3. The number of aryl methyl sites for hydroxylation is 2. The third kappa shape index (κ3) is 2.54. The lowest BCUT2D eigenvalue weighted by Crippen LogP contribution is -2.07. The molecule has 0 atom stereocenters. The molecule has 1 aromatic heterocycles. The van der Waals surface area contributed by atoms with Crippen molar-refractivity contribution < 1.29 is 9.31 Å². The van der Waals surface area contributed by atoms with Crippen molar-refractivity contribution in [1.82, 2.24) is 9.78 Å². The molecule has 0 aliphatic carbocycles. The highest BCUT2D eigenvalue weighted by atomic mass is 19.1. The largest absolute Gasteiger partial charge is 0.360 e. The number of rotatable bonds is 4. The van der Waals surface area contributed by atoms with Crippen molar-refractivity contribution in [2.75, 3.05) is 5.32 Å². The van der Waals surface area contributed by atoms with Crippen molar-refractivity contribution in [3.63, 3.8) is 0 Å². The summed E-state index contributed by atoms with van der Waals surface area (Å²) in [6.07, 6.45) is 0. The number of nitrogens with zero attached hydrogens (tertiary/aromatic N) is 3. The van der Waals surface area contributed by atoms with E-state index in [0.717, 1.165) is 0 Å². The summed E-state index contributed by atoms with van der Waals surface area (Å²) in [7, 11) is 1.60. The van der Waals surface area contributed by atoms with E-state index in [-0.39, 0.29) is 23.9 Å². The maximum atomic E-state index is 13.5. The van der Waals surface area contributed by atoms with Crippen LogP contribution < -0.4 is 5.32 Å². The monoisotopic (exact) mass is 264 g/mol. The minimum atomic E-state index is -0.494. The molecule has 0 aliphatic rings. The van der Waals surface area contributed by atoms with E-state index in [1.807, 2.05) is 0 Å². The van der Waals surface area contributed by atoms with Crippen molar-refractivity contribution in [3.05, 3.63) is 51.5 Å². The fourth-order valence-electron chi connectivity index (χ4n) is 1.88. The van der Waals surface area contributed by atoms with E-state index in [1.54, 1.807) is 32.2 Å². The summed E-state index contributed by atoms with van der Waals surface area (Å²) >= 11 is 0. The van der Waals surface area contributed by atoms with Crippen molar-refractivity contribution in [2.45, 2.75) is 13.5 Å². The predicted octanol–water partition coefficient (Wildman–Crippen LogP) is 2.39. The smallest absolute Gasteiger partial charge is 0.333 e. The molecule has 1 aromatic carbocycles. The maximum Gasteiger partial charge on any atom is 0.333 e. The van der Waals surface area contributed by atoms with Gasteiger partial charge in [-0.25, -0.2) is 9.07 Å². The number of aromatic nitrogens is 2. The molecule has 0 unspecified atom stereocenters. The SMILES string of the molecule is Cc1nn(C)c(NCc2ccccc2F)c1[N+](=O)[O-]. The molecule has 0 aliphatic heterocycles. The van der Waals surface area contributed by atoms with Gasteiger partial charge in [-0.15, -0.1) is 0 Å². The van der Waals surface area contributed by atoms with Crippen LogP contribution in [0.25, 0.3) is 0 Å². The van der Waals surface area contributed by atoms with Gasteiger partial charge in [-0.2, -0.15) is 5.10 Å². The highest BCUT2D eigenvalue weighted by Crippen LogP contribution is 2.27. The van der Waals surface area contributed by atoms with Crippen LogP contribution in [0.4, 0.5) is 15.9 Å². The van der Waals surface area contributed by atoms with Crippen LogP contribution >= 0.6 is 0 Å². The molecular weight excluding hydrogens is 251 g/mol. The zero-order chi connectivity index (χ0) is 14.0. The van der Waals surface area contributed by atoms with E-state index >= 15 is 0 Å². The van der Waals surface area contributed by atoms with E-state index in [4.69, 9.17) is 0 Å². The topological polar surface area (TPSA) is 73.0 Å². The van der Waals surface area contributed by atoms with Crippen molar-refractivity contribution >= 4 is 11.5 Å². The predicted molar refractivity (Wildman–Crippen MR) is 68.3 cm³/mol. The highest BCUT2D eigenvalue weighted by molar-refractivity contribution is 5.59. The molecule has 7 heteroatoms. The first-order valence-corrected chi connectivity index (χ1v) is 5.66. The summed E-state index contributed by atoms with van der Waals surface area (Å²) in [5, 5.41) is 17.8. The lowest BCUT2D eigenvalue weighted by Gasteiger charge is -2.06. The summed E-state index contributed by atoms with van der Waals surface area (Å²) in [5.41, 5.74) is 0.679. The van der Waals surface area contributed by atoms with Crippen molar-refractivity contribution in [3.8, 4) is 0 Å². The Hall–Kier alpha value is -2.44. The fraction of sp³-hybridized carbons (Fsp3) is 0.250. The third-order valence-corrected chi connectivity index (χ3v) is 2.78. The zero-order valence-electron chi connectivity index (χ0n) is 10.6. The van der Waals surface area contributed by atoms with Gasteiger partial charge in [0.05, 0.1) is 4.92 Å². The lowest BCUT2D eigenvalue weighted by atomic mass is 10.2. The minimum absolute atomic E-state index is 0.0844. The molecule has 100 valence electrons. The van der Waals surface area contributed by atoms with Crippen LogP contribution in [0.2, 0.25) is 0 Å². The second-order valence-corrected chi connectivity index (χ2v) is 4.11. The molecule has 0 radical (unpaired) electrons. The van der Waals surface area contributed by atoms with Gasteiger partial charge < -0.3 is 5.32 Å². The Balaban J connectivity index is 2.25. The first-order valence-electron chi connectivity index (χ1n) is 5.66. The molecule has 2 rings (SSSR count). The van der Waals surface area contributed by atoms with Crippen LogP contribution in [-0.2, 0) is 13.6 Å². The number of anilines is 1. The van der Waals surface area contributed by atoms with Crippen LogP contribution in [0.1, 0.15) is 11.3 Å². The lowest BCUT2D eigenvalue weighted by molar-refractivity contribution is -0.384. The average molecular weight is 264 g/mol. The van der Waals surface area contributed by atoms with Gasteiger partial charge in [0.1, 0.15) is 11.5 Å². The van der Waals surface area contributed by atoms with E-state index in [9.17, 15) is 14.5 Å². The molecular formula is C12H13FN4O2. The van der Waals surface area contributed by atoms with Gasteiger partial charge in [0, 0.05) is 19.2 Å². The van der Waals surface area contributed by atoms with Crippen LogP contribution in [0.5, 0.6) is 0 Å². The molecule has 1 N–H and O–H groups in total. The Kier molecular flexibility index (Phi) is 3.46. The molecule has 0 bridgehead atoms. The Labute approximate surface area is 109 Å². The highest BCUT2D eigenvalue weighted by Gasteiger charge is 2.23. The number of nitrogens with one attached hydrogen (secondary N) is 1. The quantitative estimate of drug-likeness (QED) is 0.679. The van der Waals surface area contributed by atoms with Gasteiger partial charge in [-0.05, 0) is 13.0 Å². The minimum Gasteiger partial charge on any atom is -0.360 e. The number of benzene rings is 1. The molecule has 19 heavy (non-hydrogen) atoms. The molecule has 1 heterocycles. The fourth-order valence-corrected chi connectivity index (χ4v) is 1.88. The third-order valence-electron chi connectivity index (χ3n) is 2.78. The van der Waals surface area contributed by atoms with Gasteiger partial charge in [0.15, 0.2) is 0 Å². The normalized spacial score (nSPS) is 10.5. The molecule has 0 amide bonds. The van der Waals surface area contributed by atoms with Crippen LogP contribution in [-0.4, -0.2) is 14.7 Å². The Morgan fingerprint density at radius 1 is 1.47 bits per heavy atom. The molecule has 0 spiro atoms. The van der Waals surface area contributed by atoms with Crippen molar-refractivity contribution in [2.24, 2.45) is 7.05 Å². The van der Waals surface area contributed by atoms with Crippen LogP contribution in [0.3, 0.4) is 0 Å². The average Bonchev–Trinajstić information content (AvgIpc) is 2.63. The molecule has 0 saturated carbocycles. The summed E-state index contributed by atoms with van der Waals surface area (Å²) in [5.74, 6) is -0.0812. The first kappa shape index (κ1) is 13.0. The van der Waals surface area contributed by atoms with Gasteiger partial charge in [-0.1, -0.05) is 18.2 Å². The van der Waals surface area contributed by atoms with E-state index < -0.39 is 4.92 Å². The summed E-state index contributed by atoms with van der Waals surface area (Å²) in [4.78, 5) is 10.5. The molecule has 0 saturated heterocycles. The summed E-state index contributed by atoms with van der Waals surface area (Å²) in [6.45, 7) is 1.72. The number of hydrogen-bond donors (Lipinski definition) is 1. The van der Waals surface area contributed by atoms with Gasteiger partial charge >= 0.3 is 5.69 Å². The Morgan fingerprint density at radius 2 is 2.16 bits per heavy atom. The van der Waals surface area contributed by atoms with Crippen LogP contribution in [0, 0.1) is 22.9 Å². The van der Waals surface area contributed by atoms with Crippen molar-refractivity contribution in [1.29, 1.82) is 0 Å².